The first-order chi connectivity index (χ1) is 9.13. The van der Waals surface area contributed by atoms with Crippen molar-refractivity contribution in [1.82, 2.24) is 9.78 Å². The maximum atomic E-state index is 11.3. The first kappa shape index (κ1) is 13.2. The number of aromatic nitrogens is 2. The van der Waals surface area contributed by atoms with Crippen molar-refractivity contribution in [1.29, 1.82) is 0 Å². The molecular weight excluding hydrogens is 248 g/mol. The van der Waals surface area contributed by atoms with Crippen molar-refractivity contribution in [2.45, 2.75) is 26.5 Å². The van der Waals surface area contributed by atoms with Gasteiger partial charge in [0.15, 0.2) is 11.9 Å². The van der Waals surface area contributed by atoms with Gasteiger partial charge in [-0.1, -0.05) is 0 Å². The SMILES string of the molecule is CCn1cc(OC(C)c2ccc(C(=O)OC)o2)cn1. The predicted molar refractivity (Wildman–Crippen MR) is 67.0 cm³/mol. The number of hydrogen-bond donors (Lipinski definition) is 0. The maximum absolute atomic E-state index is 11.3. The molecule has 0 saturated carbocycles. The molecule has 0 amide bonds. The highest BCUT2D eigenvalue weighted by Gasteiger charge is 2.16. The molecular formula is C13H16N2O4. The summed E-state index contributed by atoms with van der Waals surface area (Å²) in [5, 5.41) is 4.12. The second-order valence-electron chi connectivity index (χ2n) is 3.99. The maximum Gasteiger partial charge on any atom is 0.373 e. The Morgan fingerprint density at radius 2 is 2.32 bits per heavy atom. The number of methoxy groups -OCH3 is 1. The van der Waals surface area contributed by atoms with Crippen LogP contribution in [-0.2, 0) is 11.3 Å². The molecule has 19 heavy (non-hydrogen) atoms. The Bertz CT molecular complexity index is 558. The van der Waals surface area contributed by atoms with Gasteiger partial charge in [-0.15, -0.1) is 0 Å². The summed E-state index contributed by atoms with van der Waals surface area (Å²) in [6.07, 6.45) is 3.14. The zero-order valence-corrected chi connectivity index (χ0v) is 11.1. The van der Waals surface area contributed by atoms with Gasteiger partial charge in [-0.25, -0.2) is 4.79 Å². The molecule has 0 radical (unpaired) electrons. The summed E-state index contributed by atoms with van der Waals surface area (Å²) in [5.74, 6) is 0.879. The Kier molecular flexibility index (Phi) is 3.89. The van der Waals surface area contributed by atoms with Gasteiger partial charge in [0.05, 0.1) is 19.5 Å². The Morgan fingerprint density at radius 3 is 2.95 bits per heavy atom. The van der Waals surface area contributed by atoms with Crippen LogP contribution in [0.2, 0.25) is 0 Å². The molecule has 6 nitrogen and oxygen atoms in total. The molecule has 0 N–H and O–H groups in total. The summed E-state index contributed by atoms with van der Waals surface area (Å²) >= 11 is 0. The highest BCUT2D eigenvalue weighted by atomic mass is 16.5. The van der Waals surface area contributed by atoms with Crippen LogP contribution in [0, 0.1) is 0 Å². The quantitative estimate of drug-likeness (QED) is 0.776. The average molecular weight is 264 g/mol. The van der Waals surface area contributed by atoms with Crippen molar-refractivity contribution >= 4 is 5.97 Å². The van der Waals surface area contributed by atoms with Gasteiger partial charge in [0.25, 0.3) is 0 Å². The molecule has 1 atom stereocenters. The molecule has 2 aromatic heterocycles. The van der Waals surface area contributed by atoms with E-state index in [1.54, 1.807) is 29.2 Å². The van der Waals surface area contributed by atoms with Crippen molar-refractivity contribution in [2.24, 2.45) is 0 Å². The zero-order chi connectivity index (χ0) is 13.8. The van der Waals surface area contributed by atoms with E-state index in [1.165, 1.54) is 7.11 Å². The summed E-state index contributed by atoms with van der Waals surface area (Å²) in [6, 6.07) is 3.26. The van der Waals surface area contributed by atoms with Gasteiger partial charge in [0.2, 0.25) is 5.76 Å². The highest BCUT2D eigenvalue weighted by molar-refractivity contribution is 5.86. The molecule has 2 aromatic rings. The lowest BCUT2D eigenvalue weighted by molar-refractivity contribution is 0.0558. The third kappa shape index (κ3) is 2.96. The highest BCUT2D eigenvalue weighted by Crippen LogP contribution is 2.23. The minimum Gasteiger partial charge on any atom is -0.479 e. The topological polar surface area (TPSA) is 66.5 Å². The van der Waals surface area contributed by atoms with E-state index in [9.17, 15) is 4.79 Å². The van der Waals surface area contributed by atoms with Crippen LogP contribution in [0.25, 0.3) is 0 Å². The average Bonchev–Trinajstić information content (AvgIpc) is 3.06. The summed E-state index contributed by atoms with van der Waals surface area (Å²) in [4.78, 5) is 11.3. The predicted octanol–water partition coefficient (Wildman–Crippen LogP) is 2.42. The minimum absolute atomic E-state index is 0.164. The molecule has 0 aliphatic carbocycles. The molecule has 2 heterocycles. The number of ether oxygens (including phenoxy) is 2. The van der Waals surface area contributed by atoms with Gasteiger partial charge >= 0.3 is 5.97 Å². The smallest absolute Gasteiger partial charge is 0.373 e. The van der Waals surface area contributed by atoms with Crippen molar-refractivity contribution in [3.05, 3.63) is 36.0 Å². The van der Waals surface area contributed by atoms with Crippen LogP contribution in [0.4, 0.5) is 0 Å². The van der Waals surface area contributed by atoms with E-state index in [0.29, 0.717) is 11.5 Å². The van der Waals surface area contributed by atoms with E-state index in [1.807, 2.05) is 13.8 Å². The van der Waals surface area contributed by atoms with Crippen LogP contribution in [0.1, 0.15) is 36.3 Å². The first-order valence-electron chi connectivity index (χ1n) is 6.01. The number of carbonyl (C=O) groups excluding carboxylic acids is 1. The molecule has 102 valence electrons. The fourth-order valence-corrected chi connectivity index (χ4v) is 1.62. The number of carbonyl (C=O) groups is 1. The van der Waals surface area contributed by atoms with E-state index >= 15 is 0 Å². The van der Waals surface area contributed by atoms with E-state index in [4.69, 9.17) is 9.15 Å². The van der Waals surface area contributed by atoms with Crippen LogP contribution in [-0.4, -0.2) is 22.9 Å². The third-order valence-electron chi connectivity index (χ3n) is 2.66. The van der Waals surface area contributed by atoms with Gasteiger partial charge in [-0.05, 0) is 26.0 Å². The largest absolute Gasteiger partial charge is 0.479 e. The van der Waals surface area contributed by atoms with Crippen molar-refractivity contribution < 1.29 is 18.7 Å². The van der Waals surface area contributed by atoms with Crippen molar-refractivity contribution in [2.75, 3.05) is 7.11 Å². The second-order valence-corrected chi connectivity index (χ2v) is 3.99. The number of hydrogen-bond acceptors (Lipinski definition) is 5. The Labute approximate surface area is 110 Å². The lowest BCUT2D eigenvalue weighted by Crippen LogP contribution is -2.02. The summed E-state index contributed by atoms with van der Waals surface area (Å²) in [6.45, 7) is 4.61. The summed E-state index contributed by atoms with van der Waals surface area (Å²) in [5.41, 5.74) is 0. The van der Waals surface area contributed by atoms with Gasteiger partial charge < -0.3 is 13.9 Å². The number of esters is 1. The fraction of sp³-hybridized carbons (Fsp3) is 0.385. The molecule has 0 aromatic carbocycles. The molecule has 1 unspecified atom stereocenters. The molecule has 6 heteroatoms. The van der Waals surface area contributed by atoms with Gasteiger partial charge in [-0.3, -0.25) is 4.68 Å². The van der Waals surface area contributed by atoms with Crippen molar-refractivity contribution in [3.63, 3.8) is 0 Å². The van der Waals surface area contributed by atoms with E-state index in [0.717, 1.165) is 6.54 Å². The Hall–Kier alpha value is -2.24. The van der Waals surface area contributed by atoms with Crippen LogP contribution in [0.3, 0.4) is 0 Å². The normalized spacial score (nSPS) is 12.2. The van der Waals surface area contributed by atoms with Gasteiger partial charge in [-0.2, -0.15) is 5.10 Å². The van der Waals surface area contributed by atoms with Crippen LogP contribution >= 0.6 is 0 Å². The Balaban J connectivity index is 2.05. The van der Waals surface area contributed by atoms with E-state index < -0.39 is 5.97 Å². The number of nitrogens with zero attached hydrogens (tertiary/aromatic N) is 2. The van der Waals surface area contributed by atoms with Gasteiger partial charge in [0.1, 0.15) is 5.76 Å². The lowest BCUT2D eigenvalue weighted by atomic mass is 10.3. The number of rotatable bonds is 5. The summed E-state index contributed by atoms with van der Waals surface area (Å²) in [7, 11) is 1.31. The monoisotopic (exact) mass is 264 g/mol. The van der Waals surface area contributed by atoms with E-state index in [-0.39, 0.29) is 11.9 Å². The molecule has 0 saturated heterocycles. The number of furan rings is 1. The molecule has 0 aliphatic heterocycles. The molecule has 0 fully saturated rings. The standard InChI is InChI=1S/C13H16N2O4/c1-4-15-8-10(7-14-15)18-9(2)11-5-6-12(19-11)13(16)17-3/h5-9H,4H2,1-3H3. The summed E-state index contributed by atoms with van der Waals surface area (Å²) < 4.78 is 17.4. The van der Waals surface area contributed by atoms with E-state index in [2.05, 4.69) is 9.84 Å². The molecule has 0 spiro atoms. The number of aryl methyl sites for hydroxylation is 1. The van der Waals surface area contributed by atoms with Crippen LogP contribution in [0.15, 0.2) is 28.9 Å². The minimum atomic E-state index is -0.503. The lowest BCUT2D eigenvalue weighted by Gasteiger charge is -2.09. The fourth-order valence-electron chi connectivity index (χ4n) is 1.62. The third-order valence-corrected chi connectivity index (χ3v) is 2.66. The zero-order valence-electron chi connectivity index (χ0n) is 11.1. The molecule has 0 bridgehead atoms. The second kappa shape index (κ2) is 5.60. The van der Waals surface area contributed by atoms with Crippen LogP contribution in [0.5, 0.6) is 5.75 Å². The van der Waals surface area contributed by atoms with Crippen LogP contribution < -0.4 is 4.74 Å². The molecule has 2 rings (SSSR count). The first-order valence-corrected chi connectivity index (χ1v) is 6.01. The van der Waals surface area contributed by atoms with Gasteiger partial charge in [0, 0.05) is 6.54 Å². The molecule has 0 aliphatic rings. The van der Waals surface area contributed by atoms with Crippen molar-refractivity contribution in [3.8, 4) is 5.75 Å². The Morgan fingerprint density at radius 1 is 1.53 bits per heavy atom.